The van der Waals surface area contributed by atoms with Crippen LogP contribution in [0.5, 0.6) is 0 Å². The molecule has 0 aliphatic rings. The lowest BCUT2D eigenvalue weighted by molar-refractivity contribution is -0.471. The van der Waals surface area contributed by atoms with E-state index in [1.807, 2.05) is 0 Å². The first-order chi connectivity index (χ1) is 4.45. The quantitative estimate of drug-likeness (QED) is 0.416. The predicted molar refractivity (Wildman–Crippen MR) is 35.0 cm³/mol. The summed E-state index contributed by atoms with van der Waals surface area (Å²) in [5.41, 5.74) is 7.60. The van der Waals surface area contributed by atoms with E-state index < -0.39 is 11.6 Å². The van der Waals surface area contributed by atoms with Crippen LogP contribution in [0.1, 0.15) is 20.8 Å². The molecule has 0 rings (SSSR count). The lowest BCUT2D eigenvalue weighted by Crippen LogP contribution is -2.66. The van der Waals surface area contributed by atoms with Gasteiger partial charge in [0, 0.05) is 0 Å². The van der Waals surface area contributed by atoms with Gasteiger partial charge in [0.1, 0.15) is 5.60 Å². The fraction of sp³-hybridized carbons (Fsp3) is 0.833. The van der Waals surface area contributed by atoms with E-state index in [2.05, 4.69) is 0 Å². The smallest absolute Gasteiger partial charge is 0.371 e. The van der Waals surface area contributed by atoms with Gasteiger partial charge >= 0.3 is 5.97 Å². The van der Waals surface area contributed by atoms with E-state index in [4.69, 9.17) is 10.3 Å². The van der Waals surface area contributed by atoms with Crippen molar-refractivity contribution in [2.24, 2.45) is 0 Å². The normalized spacial score (nSPS) is 10.7. The topological polar surface area (TPSA) is 62.6 Å². The maximum atomic E-state index is 10.6. The maximum Gasteiger partial charge on any atom is 0.371 e. The number of ether oxygens (including phenoxy) is 1. The van der Waals surface area contributed by atoms with Crippen LogP contribution in [0.2, 0.25) is 0 Å². The number of nitrogens with one attached hydrogen (secondary N) is 1. The van der Waals surface area contributed by atoms with Gasteiger partial charge in [-0.25, -0.2) is 4.79 Å². The minimum atomic E-state index is -0.478. The number of carbonyl (C=O) groups is 1. The Morgan fingerprint density at radius 1 is 1.60 bits per heavy atom. The highest BCUT2D eigenvalue weighted by atomic mass is 16.6. The first-order valence-electron chi connectivity index (χ1n) is 3.04. The van der Waals surface area contributed by atoms with E-state index in [1.54, 1.807) is 25.9 Å². The van der Waals surface area contributed by atoms with Gasteiger partial charge in [0.15, 0.2) is 0 Å². The number of rotatable bonds is 2. The molecule has 10 heavy (non-hydrogen) atoms. The van der Waals surface area contributed by atoms with Crippen molar-refractivity contribution in [2.75, 3.05) is 6.54 Å². The SMILES string of the molecule is CC(C)(C)OC(=O)C[NH+]=[N-]. The Kier molecular flexibility index (Phi) is 2.99. The summed E-state index contributed by atoms with van der Waals surface area (Å²) in [6, 6.07) is 0. The Bertz CT molecular complexity index is 137. The average Bonchev–Trinajstić information content (AvgIpc) is 1.59. The van der Waals surface area contributed by atoms with E-state index in [9.17, 15) is 4.79 Å². The zero-order chi connectivity index (χ0) is 8.20. The lowest BCUT2D eigenvalue weighted by Gasteiger charge is -2.17. The number of nitrogens with zero attached hydrogens (tertiary/aromatic N) is 1. The highest BCUT2D eigenvalue weighted by Gasteiger charge is 2.16. The van der Waals surface area contributed by atoms with Gasteiger partial charge in [-0.3, -0.25) is 0 Å². The van der Waals surface area contributed by atoms with E-state index in [-0.39, 0.29) is 6.54 Å². The van der Waals surface area contributed by atoms with Crippen molar-refractivity contribution < 1.29 is 14.6 Å². The fourth-order valence-corrected chi connectivity index (χ4v) is 0.442. The predicted octanol–water partition coefficient (Wildman–Crippen LogP) is -0.570. The number of hydrogen-bond donors (Lipinski definition) is 1. The molecule has 0 radical (unpaired) electrons. The van der Waals surface area contributed by atoms with Crippen LogP contribution in [0.25, 0.3) is 5.53 Å². The lowest BCUT2D eigenvalue weighted by atomic mass is 10.2. The minimum Gasteiger partial charge on any atom is -0.508 e. The minimum absolute atomic E-state index is 0.169. The van der Waals surface area contributed by atoms with Crippen LogP contribution in [0.3, 0.4) is 0 Å². The van der Waals surface area contributed by atoms with Gasteiger partial charge in [0.05, 0.1) is 0 Å². The third-order valence-corrected chi connectivity index (χ3v) is 0.643. The summed E-state index contributed by atoms with van der Waals surface area (Å²) in [6.07, 6.45) is 0. The Labute approximate surface area is 60.1 Å². The van der Waals surface area contributed by atoms with Crippen LogP contribution in [0.15, 0.2) is 0 Å². The molecule has 0 amide bonds. The average molecular weight is 144 g/mol. The Hall–Kier alpha value is -0.930. The summed E-state index contributed by atoms with van der Waals surface area (Å²) < 4.78 is 4.82. The van der Waals surface area contributed by atoms with E-state index in [1.165, 1.54) is 0 Å². The summed E-state index contributed by atoms with van der Waals surface area (Å²) in [5, 5.41) is 1.72. The van der Waals surface area contributed by atoms with Crippen molar-refractivity contribution >= 4 is 5.97 Å². The largest absolute Gasteiger partial charge is 0.508 e. The van der Waals surface area contributed by atoms with E-state index >= 15 is 0 Å². The molecule has 0 atom stereocenters. The van der Waals surface area contributed by atoms with Crippen molar-refractivity contribution in [3.63, 3.8) is 0 Å². The van der Waals surface area contributed by atoms with Crippen LogP contribution in [0, 0.1) is 0 Å². The molecule has 0 aliphatic carbocycles. The summed E-state index contributed by atoms with van der Waals surface area (Å²) in [4.78, 5) is 10.6. The molecule has 0 saturated carbocycles. The molecule has 58 valence electrons. The van der Waals surface area contributed by atoms with Gasteiger partial charge in [0.25, 0.3) is 0 Å². The molecule has 4 nitrogen and oxygen atoms in total. The van der Waals surface area contributed by atoms with Gasteiger partial charge in [-0.2, -0.15) is 0 Å². The van der Waals surface area contributed by atoms with Crippen molar-refractivity contribution in [1.29, 1.82) is 0 Å². The molecule has 0 unspecified atom stereocenters. The summed E-state index contributed by atoms with van der Waals surface area (Å²) >= 11 is 0. The van der Waals surface area contributed by atoms with Crippen molar-refractivity contribution in [3.05, 3.63) is 5.53 Å². The van der Waals surface area contributed by atoms with Gasteiger partial charge in [0.2, 0.25) is 6.54 Å². The number of carbonyl (C=O) groups excluding carboxylic acids is 1. The fourth-order valence-electron chi connectivity index (χ4n) is 0.442. The van der Waals surface area contributed by atoms with Crippen LogP contribution in [-0.2, 0) is 9.53 Å². The molecule has 0 spiro atoms. The van der Waals surface area contributed by atoms with Crippen molar-refractivity contribution in [3.8, 4) is 0 Å². The molecule has 0 aromatic heterocycles. The first-order valence-corrected chi connectivity index (χ1v) is 3.04. The second kappa shape index (κ2) is 3.29. The maximum absolute atomic E-state index is 10.6. The summed E-state index contributed by atoms with van der Waals surface area (Å²) in [6.45, 7) is 5.13. The molecule has 0 bridgehead atoms. The van der Waals surface area contributed by atoms with Crippen LogP contribution < -0.4 is 5.11 Å². The van der Waals surface area contributed by atoms with Gasteiger partial charge < -0.3 is 15.4 Å². The molecule has 0 aromatic rings. The molecule has 0 aliphatic heterocycles. The Morgan fingerprint density at radius 2 is 2.10 bits per heavy atom. The van der Waals surface area contributed by atoms with Crippen molar-refractivity contribution in [1.82, 2.24) is 0 Å². The summed E-state index contributed by atoms with van der Waals surface area (Å²) in [5.74, 6) is -0.463. The molecule has 1 N–H and O–H groups in total. The third-order valence-electron chi connectivity index (χ3n) is 0.643. The molecule has 0 aromatic carbocycles. The summed E-state index contributed by atoms with van der Waals surface area (Å²) in [7, 11) is 0. The second-order valence-corrected chi connectivity index (χ2v) is 2.92. The molecule has 0 saturated heterocycles. The molecular formula is C6H12N2O2. The monoisotopic (exact) mass is 144 g/mol. The van der Waals surface area contributed by atoms with E-state index in [0.717, 1.165) is 0 Å². The van der Waals surface area contributed by atoms with Crippen LogP contribution in [-0.4, -0.2) is 18.1 Å². The van der Waals surface area contributed by atoms with Crippen LogP contribution in [0.4, 0.5) is 0 Å². The Morgan fingerprint density at radius 3 is 2.40 bits per heavy atom. The molecular weight excluding hydrogens is 132 g/mol. The molecule has 0 heterocycles. The van der Waals surface area contributed by atoms with E-state index in [0.29, 0.717) is 0 Å². The highest BCUT2D eigenvalue weighted by Crippen LogP contribution is 2.05. The standard InChI is InChI=1S/C6H12N2O2/c1-6(2,3)10-5(9)4-8-7/h8H,4H2,1-3H3. The zero-order valence-electron chi connectivity index (χ0n) is 6.47. The van der Waals surface area contributed by atoms with Crippen molar-refractivity contribution in [2.45, 2.75) is 26.4 Å². The number of esters is 1. The number of hydrogen-bond acceptors (Lipinski definition) is 2. The second-order valence-electron chi connectivity index (χ2n) is 2.92. The van der Waals surface area contributed by atoms with Crippen LogP contribution >= 0.6 is 0 Å². The highest BCUT2D eigenvalue weighted by molar-refractivity contribution is 5.70. The molecule has 4 heteroatoms. The van der Waals surface area contributed by atoms with Gasteiger partial charge in [-0.05, 0) is 20.8 Å². The van der Waals surface area contributed by atoms with Gasteiger partial charge in [-0.15, -0.1) is 0 Å². The first kappa shape index (κ1) is 9.07. The molecule has 0 fully saturated rings. The zero-order valence-corrected chi connectivity index (χ0v) is 6.47. The Balaban J connectivity index is 3.68. The third kappa shape index (κ3) is 5.21. The van der Waals surface area contributed by atoms with Gasteiger partial charge in [-0.1, -0.05) is 0 Å².